The molecular formula is C17H17N3O2S2. The monoisotopic (exact) mass is 359 g/mol. The second-order valence-corrected chi connectivity index (χ2v) is 7.20. The summed E-state index contributed by atoms with van der Waals surface area (Å²) in [5.74, 6) is 1.58. The average molecular weight is 359 g/mol. The Morgan fingerprint density at radius 3 is 2.92 bits per heavy atom. The van der Waals surface area contributed by atoms with E-state index < -0.39 is 0 Å². The van der Waals surface area contributed by atoms with Gasteiger partial charge in [-0.3, -0.25) is 14.2 Å². The molecular weight excluding hydrogens is 342 g/mol. The first kappa shape index (κ1) is 16.7. The van der Waals surface area contributed by atoms with Crippen LogP contribution >= 0.6 is 23.1 Å². The number of amides is 1. The number of hydrogen-bond acceptors (Lipinski definition) is 5. The lowest BCUT2D eigenvalue weighted by Gasteiger charge is -2.07. The molecule has 1 aromatic carbocycles. The van der Waals surface area contributed by atoms with Crippen molar-refractivity contribution in [2.75, 3.05) is 12.3 Å². The van der Waals surface area contributed by atoms with Gasteiger partial charge < -0.3 is 5.32 Å². The third-order valence-corrected chi connectivity index (χ3v) is 5.30. The zero-order valence-corrected chi connectivity index (χ0v) is 14.6. The maximum absolute atomic E-state index is 12.2. The summed E-state index contributed by atoms with van der Waals surface area (Å²) in [5.41, 5.74) is 1.10. The smallest absolute Gasteiger partial charge is 0.262 e. The lowest BCUT2D eigenvalue weighted by Crippen LogP contribution is -2.33. The third kappa shape index (κ3) is 4.24. The molecule has 0 spiro atoms. The molecule has 0 bridgehead atoms. The van der Waals surface area contributed by atoms with Crippen LogP contribution in [0.4, 0.5) is 0 Å². The standard InChI is InChI=1S/C17H17N3O2S2/c21-15(18-7-9-23-11-13-4-2-1-3-5-13)10-20-12-19-16-14(17(20)22)6-8-24-16/h1-6,8,12H,7,9-11H2,(H,18,21). The van der Waals surface area contributed by atoms with Gasteiger partial charge in [-0.05, 0) is 17.0 Å². The number of fused-ring (bicyclic) bond motifs is 1. The van der Waals surface area contributed by atoms with Crippen molar-refractivity contribution in [1.82, 2.24) is 14.9 Å². The minimum absolute atomic E-state index is 0.000964. The first-order chi connectivity index (χ1) is 11.7. The Kier molecular flexibility index (Phi) is 5.66. The Morgan fingerprint density at radius 2 is 2.08 bits per heavy atom. The van der Waals surface area contributed by atoms with Crippen molar-refractivity contribution < 1.29 is 4.79 Å². The van der Waals surface area contributed by atoms with E-state index in [-0.39, 0.29) is 18.0 Å². The first-order valence-corrected chi connectivity index (χ1v) is 9.58. The summed E-state index contributed by atoms with van der Waals surface area (Å²) in [6.07, 6.45) is 1.44. The normalized spacial score (nSPS) is 10.8. The third-order valence-electron chi connectivity index (χ3n) is 3.44. The number of thioether (sulfide) groups is 1. The zero-order chi connectivity index (χ0) is 16.8. The van der Waals surface area contributed by atoms with Gasteiger partial charge in [-0.2, -0.15) is 11.8 Å². The molecule has 5 nitrogen and oxygen atoms in total. The molecule has 1 N–H and O–H groups in total. The summed E-state index contributed by atoms with van der Waals surface area (Å²) in [7, 11) is 0. The maximum atomic E-state index is 12.2. The molecule has 0 fully saturated rings. The molecule has 7 heteroatoms. The highest BCUT2D eigenvalue weighted by molar-refractivity contribution is 7.98. The molecule has 0 saturated carbocycles. The van der Waals surface area contributed by atoms with E-state index in [1.54, 1.807) is 17.8 Å². The van der Waals surface area contributed by atoms with Crippen molar-refractivity contribution in [2.24, 2.45) is 0 Å². The molecule has 0 aliphatic rings. The molecule has 3 rings (SSSR count). The van der Waals surface area contributed by atoms with Crippen LogP contribution in [0.3, 0.4) is 0 Å². The fourth-order valence-electron chi connectivity index (χ4n) is 2.24. The maximum Gasteiger partial charge on any atom is 0.262 e. The summed E-state index contributed by atoms with van der Waals surface area (Å²) < 4.78 is 1.35. The molecule has 0 unspecified atom stereocenters. The van der Waals surface area contributed by atoms with E-state index in [1.807, 2.05) is 23.6 Å². The minimum atomic E-state index is -0.172. The van der Waals surface area contributed by atoms with E-state index in [4.69, 9.17) is 0 Å². The van der Waals surface area contributed by atoms with Crippen molar-refractivity contribution in [2.45, 2.75) is 12.3 Å². The highest BCUT2D eigenvalue weighted by Crippen LogP contribution is 2.13. The Morgan fingerprint density at radius 1 is 1.25 bits per heavy atom. The van der Waals surface area contributed by atoms with E-state index >= 15 is 0 Å². The number of nitrogens with one attached hydrogen (secondary N) is 1. The Hall–Kier alpha value is -2.12. The predicted molar refractivity (Wildman–Crippen MR) is 99.5 cm³/mol. The molecule has 0 saturated heterocycles. The number of benzene rings is 1. The van der Waals surface area contributed by atoms with Gasteiger partial charge in [0.2, 0.25) is 5.91 Å². The predicted octanol–water partition coefficient (Wildman–Crippen LogP) is 2.51. The van der Waals surface area contributed by atoms with Gasteiger partial charge >= 0.3 is 0 Å². The molecule has 0 radical (unpaired) electrons. The number of carbonyl (C=O) groups excluding carboxylic acids is 1. The van der Waals surface area contributed by atoms with Crippen LogP contribution in [0.15, 0.2) is 52.9 Å². The highest BCUT2D eigenvalue weighted by atomic mass is 32.2. The fraction of sp³-hybridized carbons (Fsp3) is 0.235. The summed E-state index contributed by atoms with van der Waals surface area (Å²) >= 11 is 3.19. The van der Waals surface area contributed by atoms with Crippen molar-refractivity contribution in [3.05, 3.63) is 64.0 Å². The van der Waals surface area contributed by atoms with Crippen LogP contribution in [-0.2, 0) is 17.1 Å². The minimum Gasteiger partial charge on any atom is -0.354 e. The molecule has 0 aliphatic carbocycles. The molecule has 24 heavy (non-hydrogen) atoms. The zero-order valence-electron chi connectivity index (χ0n) is 13.0. The summed E-state index contributed by atoms with van der Waals surface area (Å²) in [4.78, 5) is 29.1. The van der Waals surface area contributed by atoms with Gasteiger partial charge in [-0.25, -0.2) is 4.98 Å². The molecule has 0 atom stereocenters. The SMILES string of the molecule is O=C(Cn1cnc2sccc2c1=O)NCCSCc1ccccc1. The molecule has 2 aromatic heterocycles. The van der Waals surface area contributed by atoms with Crippen molar-refractivity contribution in [3.63, 3.8) is 0 Å². The molecule has 3 aromatic rings. The van der Waals surface area contributed by atoms with E-state index in [0.717, 1.165) is 11.5 Å². The van der Waals surface area contributed by atoms with Gasteiger partial charge in [0, 0.05) is 18.1 Å². The quantitative estimate of drug-likeness (QED) is 0.659. The largest absolute Gasteiger partial charge is 0.354 e. The molecule has 124 valence electrons. The second kappa shape index (κ2) is 8.12. The summed E-state index contributed by atoms with van der Waals surface area (Å²) in [6, 6.07) is 12.0. The van der Waals surface area contributed by atoms with Crippen LogP contribution < -0.4 is 10.9 Å². The van der Waals surface area contributed by atoms with Crippen LogP contribution in [0.25, 0.3) is 10.2 Å². The highest BCUT2D eigenvalue weighted by Gasteiger charge is 2.08. The van der Waals surface area contributed by atoms with Crippen molar-refractivity contribution >= 4 is 39.2 Å². The first-order valence-electron chi connectivity index (χ1n) is 7.55. The Labute approximate surface area is 147 Å². The lowest BCUT2D eigenvalue weighted by atomic mass is 10.2. The average Bonchev–Trinajstić information content (AvgIpc) is 3.07. The van der Waals surface area contributed by atoms with Gasteiger partial charge in [0.25, 0.3) is 5.56 Å². The Balaban J connectivity index is 1.44. The van der Waals surface area contributed by atoms with Gasteiger partial charge in [0.1, 0.15) is 11.4 Å². The van der Waals surface area contributed by atoms with Crippen LogP contribution in [0.1, 0.15) is 5.56 Å². The topological polar surface area (TPSA) is 64.0 Å². The number of carbonyl (C=O) groups is 1. The van der Waals surface area contributed by atoms with Crippen molar-refractivity contribution in [1.29, 1.82) is 0 Å². The van der Waals surface area contributed by atoms with Crippen LogP contribution in [0, 0.1) is 0 Å². The van der Waals surface area contributed by atoms with Gasteiger partial charge in [-0.15, -0.1) is 11.3 Å². The van der Waals surface area contributed by atoms with E-state index in [1.165, 1.54) is 27.8 Å². The van der Waals surface area contributed by atoms with Gasteiger partial charge in [0.15, 0.2) is 0 Å². The van der Waals surface area contributed by atoms with E-state index in [0.29, 0.717) is 16.8 Å². The molecule has 1 amide bonds. The summed E-state index contributed by atoms with van der Waals surface area (Å²) in [5, 5.41) is 5.23. The van der Waals surface area contributed by atoms with Crippen LogP contribution in [0.2, 0.25) is 0 Å². The second-order valence-electron chi connectivity index (χ2n) is 5.21. The number of hydrogen-bond donors (Lipinski definition) is 1. The number of nitrogens with zero attached hydrogens (tertiary/aromatic N) is 2. The number of rotatable bonds is 7. The van der Waals surface area contributed by atoms with Crippen molar-refractivity contribution in [3.8, 4) is 0 Å². The number of thiophene rings is 1. The fourth-order valence-corrected chi connectivity index (χ4v) is 3.79. The van der Waals surface area contributed by atoms with E-state index in [2.05, 4.69) is 22.4 Å². The van der Waals surface area contributed by atoms with Crippen LogP contribution in [-0.4, -0.2) is 27.8 Å². The van der Waals surface area contributed by atoms with Gasteiger partial charge in [-0.1, -0.05) is 30.3 Å². The Bertz CT molecular complexity index is 874. The van der Waals surface area contributed by atoms with Crippen LogP contribution in [0.5, 0.6) is 0 Å². The number of aromatic nitrogens is 2. The molecule has 2 heterocycles. The van der Waals surface area contributed by atoms with E-state index in [9.17, 15) is 9.59 Å². The molecule has 0 aliphatic heterocycles. The lowest BCUT2D eigenvalue weighted by molar-refractivity contribution is -0.121. The van der Waals surface area contributed by atoms with Gasteiger partial charge in [0.05, 0.1) is 11.7 Å². The summed E-state index contributed by atoms with van der Waals surface area (Å²) in [6.45, 7) is 0.584.